The average molecular weight is 447 g/mol. The number of nitrogens with zero attached hydrogens (tertiary/aromatic N) is 1. The molecule has 2 aromatic carbocycles. The number of rotatable bonds is 6. The van der Waals surface area contributed by atoms with Gasteiger partial charge in [-0.1, -0.05) is 6.07 Å². The number of nitrogens with one attached hydrogen (secondary N) is 2. The molecule has 0 atom stereocenters. The van der Waals surface area contributed by atoms with Crippen LogP contribution < -0.4 is 20.2 Å². The zero-order valence-corrected chi connectivity index (χ0v) is 18.7. The summed E-state index contributed by atoms with van der Waals surface area (Å²) in [5.74, 6) is 1.57. The zero-order chi connectivity index (χ0) is 23.4. The van der Waals surface area contributed by atoms with Crippen LogP contribution in [0.5, 0.6) is 11.5 Å². The number of hydrogen-bond donors (Lipinski definition) is 2. The van der Waals surface area contributed by atoms with Crippen molar-refractivity contribution >= 4 is 23.2 Å². The Balaban J connectivity index is 1.54. The Labute approximate surface area is 191 Å². The number of carbonyl (C=O) groups is 2. The number of furan rings is 1. The monoisotopic (exact) mass is 447 g/mol. The molecular weight excluding hydrogens is 422 g/mol. The van der Waals surface area contributed by atoms with E-state index in [4.69, 9.17) is 13.9 Å². The Kier molecular flexibility index (Phi) is 6.44. The van der Waals surface area contributed by atoms with Crippen LogP contribution in [0.1, 0.15) is 50.6 Å². The normalized spacial score (nSPS) is 13.8. The van der Waals surface area contributed by atoms with Crippen LogP contribution in [-0.2, 0) is 6.42 Å². The van der Waals surface area contributed by atoms with Gasteiger partial charge in [-0.05, 0) is 56.2 Å². The van der Waals surface area contributed by atoms with Crippen molar-refractivity contribution in [2.24, 2.45) is 5.10 Å². The van der Waals surface area contributed by atoms with E-state index in [9.17, 15) is 9.59 Å². The summed E-state index contributed by atoms with van der Waals surface area (Å²) in [5, 5.41) is 7.21. The summed E-state index contributed by atoms with van der Waals surface area (Å²) in [4.78, 5) is 25.4. The van der Waals surface area contributed by atoms with Crippen LogP contribution >= 0.6 is 0 Å². The molecule has 0 unspecified atom stereocenters. The van der Waals surface area contributed by atoms with Crippen molar-refractivity contribution in [2.75, 3.05) is 19.5 Å². The summed E-state index contributed by atoms with van der Waals surface area (Å²) in [6.45, 7) is 1.83. The van der Waals surface area contributed by atoms with Gasteiger partial charge in [-0.15, -0.1) is 0 Å². The number of benzene rings is 2. The number of aryl methyl sites for hydroxylation is 1. The topological polar surface area (TPSA) is 102 Å². The summed E-state index contributed by atoms with van der Waals surface area (Å²) >= 11 is 0. The van der Waals surface area contributed by atoms with E-state index in [2.05, 4.69) is 15.8 Å². The highest BCUT2D eigenvalue weighted by Crippen LogP contribution is 2.30. The maximum Gasteiger partial charge on any atom is 0.291 e. The van der Waals surface area contributed by atoms with Crippen LogP contribution in [0.4, 0.5) is 5.69 Å². The van der Waals surface area contributed by atoms with Crippen LogP contribution in [-0.4, -0.2) is 31.7 Å². The van der Waals surface area contributed by atoms with Gasteiger partial charge >= 0.3 is 0 Å². The third-order valence-electron chi connectivity index (χ3n) is 5.50. The molecule has 1 aromatic heterocycles. The molecule has 2 amide bonds. The molecule has 1 aliphatic rings. The molecule has 0 bridgehead atoms. The van der Waals surface area contributed by atoms with Crippen LogP contribution in [0.3, 0.4) is 0 Å². The molecule has 33 heavy (non-hydrogen) atoms. The number of carbonyl (C=O) groups excluding carboxylic acids is 2. The van der Waals surface area contributed by atoms with Gasteiger partial charge in [0.25, 0.3) is 11.8 Å². The van der Waals surface area contributed by atoms with Crippen molar-refractivity contribution in [1.82, 2.24) is 5.43 Å². The number of anilines is 1. The number of methoxy groups -OCH3 is 2. The second kappa shape index (κ2) is 9.60. The summed E-state index contributed by atoms with van der Waals surface area (Å²) in [6, 6.07) is 13.9. The smallest absolute Gasteiger partial charge is 0.291 e. The van der Waals surface area contributed by atoms with Gasteiger partial charge in [-0.25, -0.2) is 5.43 Å². The van der Waals surface area contributed by atoms with Crippen LogP contribution in [0, 0.1) is 6.92 Å². The lowest BCUT2D eigenvalue weighted by Crippen LogP contribution is -2.22. The van der Waals surface area contributed by atoms with Crippen molar-refractivity contribution in [1.29, 1.82) is 0 Å². The van der Waals surface area contributed by atoms with Crippen molar-refractivity contribution in [2.45, 2.75) is 26.2 Å². The Morgan fingerprint density at radius 2 is 1.73 bits per heavy atom. The van der Waals surface area contributed by atoms with Crippen molar-refractivity contribution < 1.29 is 23.5 Å². The first kappa shape index (κ1) is 22.1. The molecule has 2 N–H and O–H groups in total. The number of amides is 2. The van der Waals surface area contributed by atoms with Crippen molar-refractivity contribution in [3.05, 3.63) is 76.7 Å². The Morgan fingerprint density at radius 3 is 2.45 bits per heavy atom. The number of ether oxygens (including phenoxy) is 2. The van der Waals surface area contributed by atoms with Crippen LogP contribution in [0.25, 0.3) is 0 Å². The van der Waals surface area contributed by atoms with E-state index in [0.29, 0.717) is 52.6 Å². The SMILES string of the molecule is COc1ccc(C(=O)N/N=C2\CCCc3oc(C(=O)Nc4cccc(OC)c4)c(C)c32)cc1. The molecule has 3 aromatic rings. The first-order chi connectivity index (χ1) is 16.0. The van der Waals surface area contributed by atoms with E-state index in [1.165, 1.54) is 0 Å². The van der Waals surface area contributed by atoms with Gasteiger partial charge in [-0.3, -0.25) is 9.59 Å². The maximum atomic E-state index is 12.9. The molecule has 0 saturated carbocycles. The standard InChI is InChI=1S/C25H25N3O5/c1-15-22-20(27-28-24(29)16-10-12-18(31-2)13-11-16)8-5-9-21(22)33-23(15)25(30)26-17-6-4-7-19(14-17)32-3/h4,6-7,10-14H,5,8-9H2,1-3H3,(H,26,30)(H,28,29)/b27-20+. The minimum atomic E-state index is -0.350. The largest absolute Gasteiger partial charge is 0.497 e. The first-order valence-electron chi connectivity index (χ1n) is 10.6. The Morgan fingerprint density at radius 1 is 0.970 bits per heavy atom. The van der Waals surface area contributed by atoms with Gasteiger partial charge in [0.1, 0.15) is 17.3 Å². The molecule has 0 spiro atoms. The predicted molar refractivity (Wildman–Crippen MR) is 124 cm³/mol. The van der Waals surface area contributed by atoms with Gasteiger partial charge < -0.3 is 19.2 Å². The summed E-state index contributed by atoms with van der Waals surface area (Å²) in [6.07, 6.45) is 2.19. The Bertz CT molecular complexity index is 1210. The highest BCUT2D eigenvalue weighted by atomic mass is 16.5. The number of hydrazone groups is 1. The summed E-state index contributed by atoms with van der Waals surface area (Å²) in [7, 11) is 3.14. The molecule has 4 rings (SSSR count). The molecule has 0 fully saturated rings. The quantitative estimate of drug-likeness (QED) is 0.548. The van der Waals surface area contributed by atoms with Gasteiger partial charge in [0, 0.05) is 34.9 Å². The third kappa shape index (κ3) is 4.74. The van der Waals surface area contributed by atoms with E-state index in [1.54, 1.807) is 62.8 Å². The molecular formula is C25H25N3O5. The highest BCUT2D eigenvalue weighted by Gasteiger charge is 2.28. The second-order valence-electron chi connectivity index (χ2n) is 7.62. The predicted octanol–water partition coefficient (Wildman–Crippen LogP) is 4.33. The van der Waals surface area contributed by atoms with Crippen molar-refractivity contribution in [3.63, 3.8) is 0 Å². The lowest BCUT2D eigenvalue weighted by molar-refractivity contribution is 0.0953. The fraction of sp³-hybridized carbons (Fsp3) is 0.240. The van der Waals surface area contributed by atoms with E-state index in [1.807, 2.05) is 6.92 Å². The lowest BCUT2D eigenvalue weighted by atomic mass is 9.93. The van der Waals surface area contributed by atoms with E-state index in [0.717, 1.165) is 12.0 Å². The van der Waals surface area contributed by atoms with E-state index in [-0.39, 0.29) is 17.6 Å². The summed E-state index contributed by atoms with van der Waals surface area (Å²) < 4.78 is 16.2. The molecule has 0 aliphatic heterocycles. The van der Waals surface area contributed by atoms with Crippen LogP contribution in [0.2, 0.25) is 0 Å². The lowest BCUT2D eigenvalue weighted by Gasteiger charge is -2.13. The molecule has 0 radical (unpaired) electrons. The van der Waals surface area contributed by atoms with Crippen LogP contribution in [0.15, 0.2) is 58.0 Å². The van der Waals surface area contributed by atoms with Gasteiger partial charge in [0.05, 0.1) is 19.9 Å². The fourth-order valence-electron chi connectivity index (χ4n) is 3.81. The fourth-order valence-corrected chi connectivity index (χ4v) is 3.81. The van der Waals surface area contributed by atoms with E-state index >= 15 is 0 Å². The molecule has 1 aliphatic carbocycles. The zero-order valence-electron chi connectivity index (χ0n) is 18.7. The third-order valence-corrected chi connectivity index (χ3v) is 5.50. The first-order valence-corrected chi connectivity index (χ1v) is 10.6. The molecule has 8 heteroatoms. The molecule has 1 heterocycles. The number of hydrogen-bond acceptors (Lipinski definition) is 6. The van der Waals surface area contributed by atoms with Gasteiger partial charge in [-0.2, -0.15) is 5.10 Å². The van der Waals surface area contributed by atoms with Gasteiger partial charge in [0.2, 0.25) is 0 Å². The molecule has 170 valence electrons. The minimum absolute atomic E-state index is 0.235. The maximum absolute atomic E-state index is 12.9. The van der Waals surface area contributed by atoms with E-state index < -0.39 is 0 Å². The molecule has 0 saturated heterocycles. The highest BCUT2D eigenvalue weighted by molar-refractivity contribution is 6.09. The summed E-state index contributed by atoms with van der Waals surface area (Å²) in [5.41, 5.74) is 5.87. The number of fused-ring (bicyclic) bond motifs is 1. The minimum Gasteiger partial charge on any atom is -0.497 e. The second-order valence-corrected chi connectivity index (χ2v) is 7.62. The average Bonchev–Trinajstić information content (AvgIpc) is 3.20. The molecule has 8 nitrogen and oxygen atoms in total. The van der Waals surface area contributed by atoms with Gasteiger partial charge in [0.15, 0.2) is 5.76 Å². The van der Waals surface area contributed by atoms with Crippen molar-refractivity contribution in [3.8, 4) is 11.5 Å². The Hall–Kier alpha value is -4.07.